The molecular formula is C15H13N3O3. The Morgan fingerprint density at radius 3 is 2.67 bits per heavy atom. The summed E-state index contributed by atoms with van der Waals surface area (Å²) in [6.45, 7) is 3.29. The quantitative estimate of drug-likeness (QED) is 0.753. The minimum atomic E-state index is -1.03. The molecule has 0 unspecified atom stereocenters. The van der Waals surface area contributed by atoms with Crippen molar-refractivity contribution in [2.45, 2.75) is 13.8 Å². The molecule has 3 rings (SSSR count). The van der Waals surface area contributed by atoms with Crippen molar-refractivity contribution >= 4 is 16.7 Å². The van der Waals surface area contributed by atoms with Crippen molar-refractivity contribution in [3.8, 4) is 5.82 Å². The molecule has 0 fully saturated rings. The fourth-order valence-electron chi connectivity index (χ4n) is 2.50. The average Bonchev–Trinajstić information content (AvgIpc) is 2.74. The molecule has 3 aromatic rings. The third-order valence-electron chi connectivity index (χ3n) is 3.47. The Labute approximate surface area is 119 Å². The van der Waals surface area contributed by atoms with E-state index in [-0.39, 0.29) is 11.1 Å². The highest BCUT2D eigenvalue weighted by Crippen LogP contribution is 2.18. The minimum absolute atomic E-state index is 0.156. The van der Waals surface area contributed by atoms with Crippen LogP contribution in [0.2, 0.25) is 0 Å². The fraction of sp³-hybridized carbons (Fsp3) is 0.133. The molecule has 0 aliphatic carbocycles. The summed E-state index contributed by atoms with van der Waals surface area (Å²) in [5, 5.41) is 14.8. The molecular weight excluding hydrogens is 270 g/mol. The number of aryl methyl sites for hydroxylation is 1. The molecule has 0 saturated heterocycles. The molecule has 2 heterocycles. The first-order chi connectivity index (χ1) is 9.99. The molecule has 0 bridgehead atoms. The SMILES string of the molecule is Cc1nn(-c2cc3ccccc3c(=O)[nH]2)c(C)c1C(=O)O. The molecule has 0 radical (unpaired) electrons. The lowest BCUT2D eigenvalue weighted by atomic mass is 10.1. The largest absolute Gasteiger partial charge is 0.478 e. The summed E-state index contributed by atoms with van der Waals surface area (Å²) in [5.41, 5.74) is 0.816. The van der Waals surface area contributed by atoms with Gasteiger partial charge >= 0.3 is 5.97 Å². The van der Waals surface area contributed by atoms with Crippen LogP contribution in [0.3, 0.4) is 0 Å². The second-order valence-electron chi connectivity index (χ2n) is 4.83. The van der Waals surface area contributed by atoms with Crippen molar-refractivity contribution in [3.63, 3.8) is 0 Å². The standard InChI is InChI=1S/C15H13N3O3/c1-8-13(15(20)21)9(2)18(17-8)12-7-10-5-3-4-6-11(10)14(19)16-12/h3-7H,1-2H3,(H,16,19)(H,20,21). The van der Waals surface area contributed by atoms with Crippen molar-refractivity contribution in [2.24, 2.45) is 0 Å². The number of benzene rings is 1. The lowest BCUT2D eigenvalue weighted by molar-refractivity contribution is 0.0695. The third kappa shape index (κ3) is 2.01. The summed E-state index contributed by atoms with van der Waals surface area (Å²) >= 11 is 0. The maximum absolute atomic E-state index is 12.1. The van der Waals surface area contributed by atoms with Crippen molar-refractivity contribution in [3.05, 3.63) is 57.6 Å². The Balaban J connectivity index is 2.29. The average molecular weight is 283 g/mol. The maximum Gasteiger partial charge on any atom is 0.339 e. The highest BCUT2D eigenvalue weighted by Gasteiger charge is 2.19. The number of pyridine rings is 1. The van der Waals surface area contributed by atoms with E-state index in [0.717, 1.165) is 5.39 Å². The van der Waals surface area contributed by atoms with Gasteiger partial charge in [-0.3, -0.25) is 4.79 Å². The molecule has 21 heavy (non-hydrogen) atoms. The fourth-order valence-corrected chi connectivity index (χ4v) is 2.50. The number of hydrogen-bond donors (Lipinski definition) is 2. The van der Waals surface area contributed by atoms with Gasteiger partial charge in [-0.05, 0) is 31.4 Å². The molecule has 2 aromatic heterocycles. The first kappa shape index (κ1) is 13.1. The molecule has 0 aliphatic rings. The molecule has 6 heteroatoms. The number of aromatic amines is 1. The van der Waals surface area contributed by atoms with Crippen molar-refractivity contribution in [2.75, 3.05) is 0 Å². The van der Waals surface area contributed by atoms with E-state index < -0.39 is 5.97 Å². The van der Waals surface area contributed by atoms with Gasteiger partial charge in [-0.25, -0.2) is 9.48 Å². The third-order valence-corrected chi connectivity index (χ3v) is 3.47. The first-order valence-electron chi connectivity index (χ1n) is 6.41. The van der Waals surface area contributed by atoms with Crippen LogP contribution in [0.15, 0.2) is 35.1 Å². The Morgan fingerprint density at radius 2 is 2.00 bits per heavy atom. The Kier molecular flexibility index (Phi) is 2.86. The molecule has 0 atom stereocenters. The van der Waals surface area contributed by atoms with E-state index in [1.165, 1.54) is 4.68 Å². The predicted molar refractivity (Wildman–Crippen MR) is 78.1 cm³/mol. The van der Waals surface area contributed by atoms with Gasteiger partial charge in [-0.1, -0.05) is 18.2 Å². The number of nitrogens with zero attached hydrogens (tertiary/aromatic N) is 2. The van der Waals surface area contributed by atoms with E-state index >= 15 is 0 Å². The number of hydrogen-bond acceptors (Lipinski definition) is 3. The van der Waals surface area contributed by atoms with E-state index in [0.29, 0.717) is 22.6 Å². The summed E-state index contributed by atoms with van der Waals surface area (Å²) in [7, 11) is 0. The second-order valence-corrected chi connectivity index (χ2v) is 4.83. The Morgan fingerprint density at radius 1 is 1.29 bits per heavy atom. The van der Waals surface area contributed by atoms with Gasteiger partial charge in [-0.15, -0.1) is 0 Å². The van der Waals surface area contributed by atoms with E-state index in [4.69, 9.17) is 0 Å². The van der Waals surface area contributed by atoms with Gasteiger partial charge < -0.3 is 10.1 Å². The van der Waals surface area contributed by atoms with Gasteiger partial charge in [0.2, 0.25) is 0 Å². The lowest BCUT2D eigenvalue weighted by Crippen LogP contribution is -2.12. The summed E-state index contributed by atoms with van der Waals surface area (Å²) < 4.78 is 1.45. The van der Waals surface area contributed by atoms with Gasteiger partial charge in [-0.2, -0.15) is 5.10 Å². The van der Waals surface area contributed by atoms with E-state index in [2.05, 4.69) is 10.1 Å². The van der Waals surface area contributed by atoms with Crippen LogP contribution in [-0.4, -0.2) is 25.8 Å². The monoisotopic (exact) mass is 283 g/mol. The van der Waals surface area contributed by atoms with Crippen LogP contribution < -0.4 is 5.56 Å². The zero-order valence-electron chi connectivity index (χ0n) is 11.5. The van der Waals surface area contributed by atoms with Crippen molar-refractivity contribution in [1.82, 2.24) is 14.8 Å². The van der Waals surface area contributed by atoms with Crippen LogP contribution >= 0.6 is 0 Å². The highest BCUT2D eigenvalue weighted by molar-refractivity contribution is 5.90. The van der Waals surface area contributed by atoms with Crippen molar-refractivity contribution in [1.29, 1.82) is 0 Å². The number of carboxylic acids is 1. The molecule has 1 aromatic carbocycles. The van der Waals surface area contributed by atoms with E-state index in [9.17, 15) is 14.7 Å². The van der Waals surface area contributed by atoms with Crippen LogP contribution in [0.4, 0.5) is 0 Å². The lowest BCUT2D eigenvalue weighted by Gasteiger charge is -2.06. The maximum atomic E-state index is 12.1. The number of carbonyl (C=O) groups is 1. The van der Waals surface area contributed by atoms with E-state index in [1.54, 1.807) is 32.0 Å². The number of fused-ring (bicyclic) bond motifs is 1. The number of nitrogens with one attached hydrogen (secondary N) is 1. The number of rotatable bonds is 2. The minimum Gasteiger partial charge on any atom is -0.478 e. The molecule has 0 spiro atoms. The normalized spacial score (nSPS) is 11.0. The van der Waals surface area contributed by atoms with E-state index in [1.807, 2.05) is 12.1 Å². The van der Waals surface area contributed by atoms with Crippen LogP contribution in [-0.2, 0) is 0 Å². The summed E-state index contributed by atoms with van der Waals surface area (Å²) in [6.07, 6.45) is 0. The Bertz CT molecular complexity index is 922. The molecule has 0 saturated carbocycles. The number of carboxylic acid groups (broad SMARTS) is 1. The van der Waals surface area contributed by atoms with Gasteiger partial charge in [0.1, 0.15) is 11.4 Å². The van der Waals surface area contributed by atoms with Crippen molar-refractivity contribution < 1.29 is 9.90 Å². The number of H-pyrrole nitrogens is 1. The molecule has 0 amide bonds. The molecule has 6 nitrogen and oxygen atoms in total. The van der Waals surface area contributed by atoms with Crippen LogP contribution in [0.1, 0.15) is 21.7 Å². The van der Waals surface area contributed by atoms with Crippen LogP contribution in [0.5, 0.6) is 0 Å². The predicted octanol–water partition coefficient (Wildman–Crippen LogP) is 2.03. The smallest absolute Gasteiger partial charge is 0.339 e. The first-order valence-corrected chi connectivity index (χ1v) is 6.41. The summed E-state index contributed by atoms with van der Waals surface area (Å²) in [6, 6.07) is 8.99. The van der Waals surface area contributed by atoms with Gasteiger partial charge in [0, 0.05) is 5.39 Å². The summed E-state index contributed by atoms with van der Waals surface area (Å²) in [5.74, 6) is -0.578. The summed E-state index contributed by atoms with van der Waals surface area (Å²) in [4.78, 5) is 26.1. The second kappa shape index (κ2) is 4.59. The Hall–Kier alpha value is -2.89. The zero-order chi connectivity index (χ0) is 15.1. The number of aromatic carboxylic acids is 1. The molecule has 0 aliphatic heterocycles. The van der Waals surface area contributed by atoms with Gasteiger partial charge in [0.15, 0.2) is 0 Å². The van der Waals surface area contributed by atoms with Gasteiger partial charge in [0.25, 0.3) is 5.56 Å². The highest BCUT2D eigenvalue weighted by atomic mass is 16.4. The topological polar surface area (TPSA) is 88.0 Å². The molecule has 2 N–H and O–H groups in total. The zero-order valence-corrected chi connectivity index (χ0v) is 11.5. The number of aromatic nitrogens is 3. The molecule has 106 valence electrons. The van der Waals surface area contributed by atoms with Crippen LogP contribution in [0.25, 0.3) is 16.6 Å². The van der Waals surface area contributed by atoms with Gasteiger partial charge in [0.05, 0.1) is 11.4 Å². The van der Waals surface area contributed by atoms with Crippen LogP contribution in [0, 0.1) is 13.8 Å².